The molecule has 7 N–H and O–H groups in total. The van der Waals surface area contributed by atoms with Gasteiger partial charge in [-0.3, -0.25) is 19.2 Å². The number of carbonyl (C=O) groups excluding carboxylic acids is 4. The monoisotopic (exact) mass is 528 g/mol. The zero-order valence-electron chi connectivity index (χ0n) is 20.9. The number of phenolic OH excluding ortho intramolecular Hbond substituents is 1. The Morgan fingerprint density at radius 3 is 2.21 bits per heavy atom. The van der Waals surface area contributed by atoms with E-state index < -0.39 is 54.3 Å². The van der Waals surface area contributed by atoms with E-state index in [0.29, 0.717) is 0 Å². The van der Waals surface area contributed by atoms with Crippen molar-refractivity contribution in [2.45, 2.75) is 50.9 Å². The van der Waals surface area contributed by atoms with Crippen LogP contribution in [0.15, 0.2) is 54.6 Å². The van der Waals surface area contributed by atoms with Crippen molar-refractivity contribution in [3.05, 3.63) is 65.7 Å². The fraction of sp³-hybridized carbons (Fsp3) is 0.346. The summed E-state index contributed by atoms with van der Waals surface area (Å²) in [5.74, 6) is -3.87. The number of carboxylic acids is 1. The number of amides is 3. The Morgan fingerprint density at radius 2 is 1.58 bits per heavy atom. The minimum absolute atomic E-state index is 0.0536. The third-order valence-corrected chi connectivity index (χ3v) is 5.39. The van der Waals surface area contributed by atoms with Crippen LogP contribution in [0, 0.1) is 0 Å². The number of rotatable bonds is 14. The molecule has 0 radical (unpaired) electrons. The Morgan fingerprint density at radius 1 is 0.921 bits per heavy atom. The van der Waals surface area contributed by atoms with Gasteiger partial charge in [-0.25, -0.2) is 4.79 Å². The summed E-state index contributed by atoms with van der Waals surface area (Å²) in [6, 6.07) is 11.8. The fourth-order valence-electron chi connectivity index (χ4n) is 3.28. The lowest BCUT2D eigenvalue weighted by atomic mass is 10.1. The maximum Gasteiger partial charge on any atom is 0.328 e. The highest BCUT2D eigenvalue weighted by molar-refractivity contribution is 5.92. The van der Waals surface area contributed by atoms with Crippen molar-refractivity contribution in [3.8, 4) is 5.75 Å². The summed E-state index contributed by atoms with van der Waals surface area (Å²) in [5.41, 5.74) is 7.34. The zero-order chi connectivity index (χ0) is 28.1. The van der Waals surface area contributed by atoms with Crippen molar-refractivity contribution < 1.29 is 38.9 Å². The van der Waals surface area contributed by atoms with Gasteiger partial charge in [-0.15, -0.1) is 0 Å². The van der Waals surface area contributed by atoms with Crippen LogP contribution in [0.25, 0.3) is 0 Å². The van der Waals surface area contributed by atoms with E-state index in [4.69, 9.17) is 15.6 Å². The van der Waals surface area contributed by atoms with Gasteiger partial charge in [-0.05, 0) is 43.0 Å². The molecule has 0 saturated heterocycles. The van der Waals surface area contributed by atoms with Crippen molar-refractivity contribution in [1.82, 2.24) is 16.0 Å². The largest absolute Gasteiger partial charge is 0.508 e. The number of ether oxygens (including phenoxy) is 1. The van der Waals surface area contributed by atoms with E-state index in [0.717, 1.165) is 11.1 Å². The minimum atomic E-state index is -1.23. The molecule has 3 atom stereocenters. The summed E-state index contributed by atoms with van der Waals surface area (Å²) in [6.07, 6.45) is -0.403. The molecule has 0 spiro atoms. The SMILES string of the molecule is C[C@H](NC(=O)[C@@H](N)Cc1ccc(O)cc1)C(=O)NCC(=O)N[C@@H](CCC(=O)O)C(=O)OCc1ccccc1. The minimum Gasteiger partial charge on any atom is -0.508 e. The standard InChI is InChI=1S/C26H32N4O8/c1-16(29-25(36)20(27)13-17-7-9-19(31)10-8-17)24(35)28-14-22(32)30-21(11-12-23(33)34)26(37)38-15-18-5-3-2-4-6-18/h2-10,16,20-21,31H,11-15,27H2,1H3,(H,28,35)(H,29,36)(H,30,32)(H,33,34)/t16-,20-,21-/m0/s1. The van der Waals surface area contributed by atoms with Crippen LogP contribution < -0.4 is 21.7 Å². The van der Waals surface area contributed by atoms with Crippen LogP contribution in [0.4, 0.5) is 0 Å². The van der Waals surface area contributed by atoms with E-state index >= 15 is 0 Å². The van der Waals surface area contributed by atoms with Crippen LogP contribution in [0.3, 0.4) is 0 Å². The lowest BCUT2D eigenvalue weighted by Gasteiger charge is -2.19. The molecule has 0 aliphatic heterocycles. The molecule has 0 heterocycles. The average Bonchev–Trinajstić information content (AvgIpc) is 2.89. The zero-order valence-corrected chi connectivity index (χ0v) is 20.9. The van der Waals surface area contributed by atoms with Crippen LogP contribution >= 0.6 is 0 Å². The van der Waals surface area contributed by atoms with Crippen molar-refractivity contribution in [2.24, 2.45) is 5.73 Å². The van der Waals surface area contributed by atoms with Crippen LogP contribution in [0.5, 0.6) is 5.75 Å². The highest BCUT2D eigenvalue weighted by atomic mass is 16.5. The third-order valence-electron chi connectivity index (χ3n) is 5.39. The molecule has 2 rings (SSSR count). The summed E-state index contributed by atoms with van der Waals surface area (Å²) in [7, 11) is 0. The molecule has 0 aliphatic carbocycles. The molecule has 0 aromatic heterocycles. The Labute approximate surface area is 219 Å². The Hall–Kier alpha value is -4.45. The van der Waals surface area contributed by atoms with Crippen LogP contribution in [-0.2, 0) is 41.7 Å². The van der Waals surface area contributed by atoms with Crippen LogP contribution in [-0.4, -0.2) is 64.5 Å². The molecule has 0 fully saturated rings. The molecule has 12 heteroatoms. The number of carboxylic acid groups (broad SMARTS) is 1. The maximum atomic E-state index is 12.5. The molecule has 204 valence electrons. The molecular formula is C26H32N4O8. The van der Waals surface area contributed by atoms with Crippen molar-refractivity contribution in [1.29, 1.82) is 0 Å². The first-order valence-corrected chi connectivity index (χ1v) is 11.9. The van der Waals surface area contributed by atoms with Gasteiger partial charge in [0.2, 0.25) is 17.7 Å². The van der Waals surface area contributed by atoms with Gasteiger partial charge in [0.05, 0.1) is 12.6 Å². The normalized spacial score (nSPS) is 12.9. The number of aromatic hydroxyl groups is 1. The molecule has 0 saturated carbocycles. The lowest BCUT2D eigenvalue weighted by Crippen LogP contribution is -2.52. The highest BCUT2D eigenvalue weighted by Crippen LogP contribution is 2.11. The number of hydrogen-bond acceptors (Lipinski definition) is 8. The number of nitrogens with one attached hydrogen (secondary N) is 3. The van der Waals surface area contributed by atoms with Gasteiger partial charge in [0.15, 0.2) is 0 Å². The van der Waals surface area contributed by atoms with Gasteiger partial charge in [0.25, 0.3) is 0 Å². The smallest absolute Gasteiger partial charge is 0.328 e. The molecule has 2 aromatic rings. The Balaban J connectivity index is 1.82. The van der Waals surface area contributed by atoms with Gasteiger partial charge >= 0.3 is 11.9 Å². The predicted octanol–water partition coefficient (Wildman–Crippen LogP) is -0.0241. The second-order valence-corrected chi connectivity index (χ2v) is 8.57. The average molecular weight is 529 g/mol. The van der Waals surface area contributed by atoms with E-state index in [1.807, 2.05) is 0 Å². The van der Waals surface area contributed by atoms with Crippen molar-refractivity contribution in [3.63, 3.8) is 0 Å². The summed E-state index contributed by atoms with van der Waals surface area (Å²) in [6.45, 7) is 0.838. The molecule has 12 nitrogen and oxygen atoms in total. The van der Waals surface area contributed by atoms with E-state index in [1.54, 1.807) is 42.5 Å². The van der Waals surface area contributed by atoms with E-state index in [-0.39, 0.29) is 31.6 Å². The number of carbonyl (C=O) groups is 5. The highest BCUT2D eigenvalue weighted by Gasteiger charge is 2.25. The summed E-state index contributed by atoms with van der Waals surface area (Å²) in [4.78, 5) is 60.5. The molecule has 0 aliphatic rings. The van der Waals surface area contributed by atoms with Crippen LogP contribution in [0.1, 0.15) is 30.9 Å². The van der Waals surface area contributed by atoms with Crippen LogP contribution in [0.2, 0.25) is 0 Å². The molecule has 2 aromatic carbocycles. The summed E-state index contributed by atoms with van der Waals surface area (Å²) < 4.78 is 5.20. The number of esters is 1. The van der Waals surface area contributed by atoms with Crippen molar-refractivity contribution in [2.75, 3.05) is 6.54 Å². The summed E-state index contributed by atoms with van der Waals surface area (Å²) >= 11 is 0. The number of aliphatic carboxylic acids is 1. The van der Waals surface area contributed by atoms with E-state index in [2.05, 4.69) is 16.0 Å². The fourth-order valence-corrected chi connectivity index (χ4v) is 3.28. The maximum absolute atomic E-state index is 12.5. The first-order chi connectivity index (χ1) is 18.0. The topological polar surface area (TPSA) is 197 Å². The molecule has 3 amide bonds. The summed E-state index contributed by atoms with van der Waals surface area (Å²) in [5, 5.41) is 25.5. The number of hydrogen-bond donors (Lipinski definition) is 6. The molecular weight excluding hydrogens is 496 g/mol. The first-order valence-electron chi connectivity index (χ1n) is 11.9. The second-order valence-electron chi connectivity index (χ2n) is 8.57. The molecule has 0 bridgehead atoms. The number of nitrogens with two attached hydrogens (primary N) is 1. The van der Waals surface area contributed by atoms with Gasteiger partial charge in [0, 0.05) is 6.42 Å². The van der Waals surface area contributed by atoms with Gasteiger partial charge in [-0.1, -0.05) is 42.5 Å². The first kappa shape index (κ1) is 29.8. The molecule has 38 heavy (non-hydrogen) atoms. The molecule has 0 unspecified atom stereocenters. The quantitative estimate of drug-likeness (QED) is 0.182. The Bertz CT molecular complexity index is 1110. The van der Waals surface area contributed by atoms with Gasteiger partial charge in [-0.2, -0.15) is 0 Å². The van der Waals surface area contributed by atoms with Crippen molar-refractivity contribution >= 4 is 29.7 Å². The van der Waals surface area contributed by atoms with E-state index in [9.17, 15) is 29.1 Å². The number of benzene rings is 2. The van der Waals surface area contributed by atoms with E-state index in [1.165, 1.54) is 19.1 Å². The number of phenols is 1. The van der Waals surface area contributed by atoms with Gasteiger partial charge < -0.3 is 36.6 Å². The second kappa shape index (κ2) is 15.0. The lowest BCUT2D eigenvalue weighted by molar-refractivity contribution is -0.149. The van der Waals surface area contributed by atoms with Gasteiger partial charge in [0.1, 0.15) is 24.4 Å². The Kier molecular flexibility index (Phi) is 11.7. The predicted molar refractivity (Wildman–Crippen MR) is 135 cm³/mol. The third kappa shape index (κ3) is 10.7.